The largest absolute Gasteiger partial charge is 0.369 e. The Hall–Kier alpha value is -2.24. The molecule has 2 heterocycles. The van der Waals surface area contributed by atoms with Crippen LogP contribution in [0, 0.1) is 0 Å². The number of carbonyl (C=O) groups is 3. The van der Waals surface area contributed by atoms with Crippen molar-refractivity contribution in [2.75, 3.05) is 0 Å². The molecular formula is C14H17N2O4+. The summed E-state index contributed by atoms with van der Waals surface area (Å²) < 4.78 is 1.88. The van der Waals surface area contributed by atoms with Crippen molar-refractivity contribution < 1.29 is 23.8 Å². The van der Waals surface area contributed by atoms with Crippen LogP contribution in [0.5, 0.6) is 0 Å². The number of pyridine rings is 1. The van der Waals surface area contributed by atoms with Crippen LogP contribution in [0.4, 0.5) is 0 Å². The summed E-state index contributed by atoms with van der Waals surface area (Å²) in [4.78, 5) is 39.6. The van der Waals surface area contributed by atoms with Gasteiger partial charge in [-0.05, 0) is 6.07 Å². The molecule has 1 aromatic rings. The first-order valence-corrected chi connectivity index (χ1v) is 6.69. The fourth-order valence-electron chi connectivity index (χ4n) is 1.92. The topological polar surface area (TPSA) is 67.6 Å². The highest BCUT2D eigenvalue weighted by Crippen LogP contribution is 2.13. The molecule has 1 aliphatic rings. The molecule has 0 radical (unpaired) electrons. The highest BCUT2D eigenvalue weighted by molar-refractivity contribution is 6.02. The Morgan fingerprint density at radius 2 is 2.05 bits per heavy atom. The number of hydrogen-bond acceptors (Lipinski definition) is 4. The number of amides is 2. The maximum atomic E-state index is 11.9. The SMILES string of the molecule is CCCC[n+]1cccc(C(=O)ON2C(=O)CCC2=O)c1. The highest BCUT2D eigenvalue weighted by Gasteiger charge is 2.33. The van der Waals surface area contributed by atoms with Crippen molar-refractivity contribution in [1.29, 1.82) is 0 Å². The Kier molecular flexibility index (Phi) is 4.45. The lowest BCUT2D eigenvalue weighted by Gasteiger charge is -2.11. The van der Waals surface area contributed by atoms with E-state index < -0.39 is 17.8 Å². The number of nitrogens with zero attached hydrogens (tertiary/aromatic N) is 2. The standard InChI is InChI=1S/C14H17N2O4/c1-2-3-8-15-9-4-5-11(10-15)14(19)20-16-12(17)6-7-13(16)18/h4-5,9-10H,2-3,6-8H2,1H3/q+1. The molecule has 106 valence electrons. The molecule has 0 atom stereocenters. The molecule has 1 saturated heterocycles. The number of hydrogen-bond donors (Lipinski definition) is 0. The van der Waals surface area contributed by atoms with Gasteiger partial charge in [0.15, 0.2) is 12.4 Å². The van der Waals surface area contributed by atoms with Crippen molar-refractivity contribution in [2.24, 2.45) is 0 Å². The predicted molar refractivity (Wildman–Crippen MR) is 68.0 cm³/mol. The molecule has 0 aromatic carbocycles. The molecule has 2 rings (SSSR count). The third-order valence-electron chi connectivity index (χ3n) is 3.04. The minimum absolute atomic E-state index is 0.0946. The molecule has 6 nitrogen and oxygen atoms in total. The zero-order valence-corrected chi connectivity index (χ0v) is 11.4. The lowest BCUT2D eigenvalue weighted by molar-refractivity contribution is -0.697. The van der Waals surface area contributed by atoms with Crippen molar-refractivity contribution >= 4 is 17.8 Å². The molecule has 0 bridgehead atoms. The average molecular weight is 277 g/mol. The average Bonchev–Trinajstić information content (AvgIpc) is 2.77. The summed E-state index contributed by atoms with van der Waals surface area (Å²) in [6.07, 6.45) is 5.77. The number of imide groups is 1. The van der Waals surface area contributed by atoms with Gasteiger partial charge in [-0.15, -0.1) is 5.06 Å². The number of aromatic nitrogens is 1. The van der Waals surface area contributed by atoms with Crippen LogP contribution >= 0.6 is 0 Å². The Balaban J connectivity index is 2.05. The van der Waals surface area contributed by atoms with Crippen LogP contribution in [-0.2, 0) is 21.0 Å². The van der Waals surface area contributed by atoms with E-state index in [1.54, 1.807) is 18.3 Å². The van der Waals surface area contributed by atoms with E-state index in [2.05, 4.69) is 6.92 Å². The van der Waals surface area contributed by atoms with E-state index in [1.807, 2.05) is 10.8 Å². The minimum atomic E-state index is -0.695. The van der Waals surface area contributed by atoms with Crippen molar-refractivity contribution in [3.63, 3.8) is 0 Å². The third-order valence-corrected chi connectivity index (χ3v) is 3.04. The molecule has 1 fully saturated rings. The van der Waals surface area contributed by atoms with Crippen LogP contribution in [0.3, 0.4) is 0 Å². The van der Waals surface area contributed by atoms with Crippen LogP contribution in [-0.4, -0.2) is 22.8 Å². The highest BCUT2D eigenvalue weighted by atomic mass is 16.7. The second kappa shape index (κ2) is 6.27. The third kappa shape index (κ3) is 3.20. The van der Waals surface area contributed by atoms with Crippen LogP contribution < -0.4 is 4.57 Å². The summed E-state index contributed by atoms with van der Waals surface area (Å²) >= 11 is 0. The summed E-state index contributed by atoms with van der Waals surface area (Å²) in [6, 6.07) is 3.33. The Morgan fingerprint density at radius 1 is 1.35 bits per heavy atom. The first-order chi connectivity index (χ1) is 9.61. The fraction of sp³-hybridized carbons (Fsp3) is 0.429. The van der Waals surface area contributed by atoms with Crippen molar-refractivity contribution in [1.82, 2.24) is 5.06 Å². The second-order valence-electron chi connectivity index (χ2n) is 4.64. The summed E-state index contributed by atoms with van der Waals surface area (Å²) in [5.74, 6) is -1.64. The van der Waals surface area contributed by atoms with Gasteiger partial charge in [-0.2, -0.15) is 0 Å². The van der Waals surface area contributed by atoms with Gasteiger partial charge in [0.2, 0.25) is 0 Å². The van der Waals surface area contributed by atoms with E-state index in [0.717, 1.165) is 19.4 Å². The smallest absolute Gasteiger partial charge is 0.325 e. The maximum Gasteiger partial charge on any atom is 0.369 e. The van der Waals surface area contributed by atoms with Gasteiger partial charge in [0, 0.05) is 25.3 Å². The summed E-state index contributed by atoms with van der Waals surface area (Å²) in [5, 5.41) is 0.561. The van der Waals surface area contributed by atoms with E-state index in [4.69, 9.17) is 4.84 Å². The van der Waals surface area contributed by atoms with Crippen molar-refractivity contribution in [2.45, 2.75) is 39.2 Å². The zero-order valence-electron chi connectivity index (χ0n) is 11.4. The lowest BCUT2D eigenvalue weighted by atomic mass is 10.2. The predicted octanol–water partition coefficient (Wildman–Crippen LogP) is 0.995. The lowest BCUT2D eigenvalue weighted by Crippen LogP contribution is -2.36. The van der Waals surface area contributed by atoms with Gasteiger partial charge in [0.05, 0.1) is 0 Å². The van der Waals surface area contributed by atoms with Crippen molar-refractivity contribution in [3.8, 4) is 0 Å². The summed E-state index contributed by atoms with van der Waals surface area (Å²) in [7, 11) is 0. The molecule has 1 aromatic heterocycles. The number of unbranched alkanes of at least 4 members (excludes halogenated alkanes) is 1. The van der Waals surface area contributed by atoms with Crippen LogP contribution in [0.25, 0.3) is 0 Å². The Labute approximate surface area is 116 Å². The first kappa shape index (κ1) is 14.2. The van der Waals surface area contributed by atoms with Gasteiger partial charge >= 0.3 is 5.97 Å². The molecule has 20 heavy (non-hydrogen) atoms. The molecule has 0 unspecified atom stereocenters. The van der Waals surface area contributed by atoms with E-state index in [9.17, 15) is 14.4 Å². The molecule has 2 amide bonds. The van der Waals surface area contributed by atoms with E-state index in [1.165, 1.54) is 0 Å². The summed E-state index contributed by atoms with van der Waals surface area (Å²) in [5.41, 5.74) is 0.316. The van der Waals surface area contributed by atoms with E-state index >= 15 is 0 Å². The van der Waals surface area contributed by atoms with Gasteiger partial charge in [0.25, 0.3) is 11.8 Å². The normalized spacial score (nSPS) is 14.8. The minimum Gasteiger partial charge on any atom is -0.325 e. The Morgan fingerprint density at radius 3 is 2.70 bits per heavy atom. The molecule has 0 N–H and O–H groups in total. The molecule has 0 spiro atoms. The number of aryl methyl sites for hydroxylation is 1. The maximum absolute atomic E-state index is 11.9. The Bertz CT molecular complexity index is 526. The molecular weight excluding hydrogens is 260 g/mol. The fourth-order valence-corrected chi connectivity index (χ4v) is 1.92. The van der Waals surface area contributed by atoms with E-state index in [0.29, 0.717) is 10.6 Å². The van der Waals surface area contributed by atoms with Gasteiger partial charge in [0.1, 0.15) is 12.1 Å². The van der Waals surface area contributed by atoms with Crippen LogP contribution in [0.15, 0.2) is 24.5 Å². The van der Waals surface area contributed by atoms with Crippen LogP contribution in [0.1, 0.15) is 43.0 Å². The summed E-state index contributed by atoms with van der Waals surface area (Å²) in [6.45, 7) is 2.89. The number of rotatable bonds is 5. The monoisotopic (exact) mass is 277 g/mol. The number of carbonyl (C=O) groups excluding carboxylic acids is 3. The zero-order chi connectivity index (χ0) is 14.5. The first-order valence-electron chi connectivity index (χ1n) is 6.69. The second-order valence-corrected chi connectivity index (χ2v) is 4.64. The van der Waals surface area contributed by atoms with Gasteiger partial charge in [-0.3, -0.25) is 9.59 Å². The molecule has 0 aliphatic carbocycles. The number of hydroxylamine groups is 2. The van der Waals surface area contributed by atoms with E-state index in [-0.39, 0.29) is 12.8 Å². The van der Waals surface area contributed by atoms with Gasteiger partial charge in [-0.25, -0.2) is 9.36 Å². The molecule has 1 aliphatic heterocycles. The molecule has 0 saturated carbocycles. The quantitative estimate of drug-likeness (QED) is 0.594. The van der Waals surface area contributed by atoms with Crippen LogP contribution in [0.2, 0.25) is 0 Å². The van der Waals surface area contributed by atoms with Crippen molar-refractivity contribution in [3.05, 3.63) is 30.1 Å². The van der Waals surface area contributed by atoms with Gasteiger partial charge in [-0.1, -0.05) is 13.3 Å². The van der Waals surface area contributed by atoms with Gasteiger partial charge < -0.3 is 4.84 Å². The molecule has 6 heteroatoms.